The number of fused-ring (bicyclic) bond motifs is 1. The Hall–Kier alpha value is -4.96. The van der Waals surface area contributed by atoms with Crippen LogP contribution < -0.4 is 10.6 Å². The SMILES string of the molecule is Cc1ccc(S(=O)(=O)n2c(C(c3ccccc3)P(=O)(c3ccccc3)c3ccccc3)c(-c3ccccc3)c3cc(C)ccc32)cc1. The number of hydrogen-bond acceptors (Lipinski definition) is 3. The van der Waals surface area contributed by atoms with Gasteiger partial charge in [0, 0.05) is 21.6 Å². The van der Waals surface area contributed by atoms with Crippen molar-refractivity contribution < 1.29 is 13.0 Å². The summed E-state index contributed by atoms with van der Waals surface area (Å²) in [4.78, 5) is 0.169. The summed E-state index contributed by atoms with van der Waals surface area (Å²) in [5.74, 6) is 0. The van der Waals surface area contributed by atoms with Crippen molar-refractivity contribution in [3.05, 3.63) is 186 Å². The largest absolute Gasteiger partial charge is 0.313 e. The maximum Gasteiger partial charge on any atom is 0.268 e. The third kappa shape index (κ3) is 5.36. The van der Waals surface area contributed by atoms with Crippen LogP contribution in [-0.4, -0.2) is 12.4 Å². The summed E-state index contributed by atoms with van der Waals surface area (Å²) in [7, 11) is -7.87. The van der Waals surface area contributed by atoms with Crippen molar-refractivity contribution in [3.63, 3.8) is 0 Å². The van der Waals surface area contributed by atoms with Gasteiger partial charge in [-0.25, -0.2) is 12.4 Å². The lowest BCUT2D eigenvalue weighted by Crippen LogP contribution is -2.26. The normalized spacial score (nSPS) is 12.6. The van der Waals surface area contributed by atoms with E-state index < -0.39 is 22.8 Å². The molecule has 4 nitrogen and oxygen atoms in total. The summed E-state index contributed by atoms with van der Waals surface area (Å²) in [6.45, 7) is 3.94. The van der Waals surface area contributed by atoms with Crippen LogP contribution in [0, 0.1) is 13.8 Å². The molecule has 0 radical (unpaired) electrons. The Kier molecular flexibility index (Phi) is 8.05. The number of hydrogen-bond donors (Lipinski definition) is 0. The average molecular weight is 652 g/mol. The van der Waals surface area contributed by atoms with E-state index in [1.54, 1.807) is 12.1 Å². The molecule has 0 fully saturated rings. The van der Waals surface area contributed by atoms with E-state index in [-0.39, 0.29) is 4.90 Å². The Morgan fingerprint density at radius 3 is 1.62 bits per heavy atom. The molecular weight excluding hydrogens is 617 g/mol. The van der Waals surface area contributed by atoms with Crippen molar-refractivity contribution >= 4 is 38.7 Å². The van der Waals surface area contributed by atoms with Gasteiger partial charge in [-0.05, 0) is 49.2 Å². The molecule has 7 rings (SSSR count). The van der Waals surface area contributed by atoms with Crippen LogP contribution in [0.25, 0.3) is 22.0 Å². The third-order valence-corrected chi connectivity index (χ3v) is 13.9. The Morgan fingerprint density at radius 1 is 0.574 bits per heavy atom. The van der Waals surface area contributed by atoms with E-state index in [1.165, 1.54) is 3.97 Å². The average Bonchev–Trinajstić information content (AvgIpc) is 3.44. The summed E-state index contributed by atoms with van der Waals surface area (Å²) in [5.41, 5.74) is 4.47. The first-order valence-electron chi connectivity index (χ1n) is 15.6. The molecule has 0 saturated carbocycles. The molecule has 0 N–H and O–H groups in total. The van der Waals surface area contributed by atoms with Crippen LogP contribution in [0.2, 0.25) is 0 Å². The Bertz CT molecular complexity index is 2290. The molecule has 1 heterocycles. The predicted molar refractivity (Wildman–Crippen MR) is 194 cm³/mol. The molecule has 6 aromatic carbocycles. The molecule has 0 aliphatic carbocycles. The van der Waals surface area contributed by atoms with Gasteiger partial charge in [-0.2, -0.15) is 0 Å². The maximum absolute atomic E-state index is 16.5. The fourth-order valence-corrected chi connectivity index (χ4v) is 11.5. The lowest BCUT2D eigenvalue weighted by atomic mass is 9.97. The molecule has 232 valence electrons. The van der Waals surface area contributed by atoms with Crippen LogP contribution in [0.5, 0.6) is 0 Å². The van der Waals surface area contributed by atoms with E-state index in [0.717, 1.165) is 33.2 Å². The van der Waals surface area contributed by atoms with Gasteiger partial charge in [-0.3, -0.25) is 0 Å². The second-order valence-corrected chi connectivity index (χ2v) is 16.5. The summed E-state index contributed by atoms with van der Waals surface area (Å²) in [6, 6.07) is 51.4. The molecule has 47 heavy (non-hydrogen) atoms. The Labute approximate surface area is 276 Å². The van der Waals surface area contributed by atoms with Crippen LogP contribution in [0.15, 0.2) is 169 Å². The van der Waals surface area contributed by atoms with Crippen molar-refractivity contribution in [2.75, 3.05) is 0 Å². The zero-order valence-electron chi connectivity index (χ0n) is 26.2. The number of rotatable bonds is 8. The molecule has 1 unspecified atom stereocenters. The monoisotopic (exact) mass is 651 g/mol. The zero-order chi connectivity index (χ0) is 32.6. The Balaban J connectivity index is 1.72. The molecule has 0 saturated heterocycles. The first kappa shape index (κ1) is 30.7. The Morgan fingerprint density at radius 2 is 1.06 bits per heavy atom. The van der Waals surface area contributed by atoms with Gasteiger partial charge >= 0.3 is 0 Å². The molecule has 0 bridgehead atoms. The van der Waals surface area contributed by atoms with Crippen LogP contribution in [0.1, 0.15) is 28.0 Å². The molecule has 7 aromatic rings. The van der Waals surface area contributed by atoms with E-state index in [4.69, 9.17) is 0 Å². The zero-order valence-corrected chi connectivity index (χ0v) is 27.9. The topological polar surface area (TPSA) is 56.1 Å². The minimum absolute atomic E-state index is 0.169. The van der Waals surface area contributed by atoms with Gasteiger partial charge < -0.3 is 4.57 Å². The van der Waals surface area contributed by atoms with E-state index in [0.29, 0.717) is 21.8 Å². The number of aromatic nitrogens is 1. The third-order valence-electron chi connectivity index (χ3n) is 8.75. The fourth-order valence-electron chi connectivity index (χ4n) is 6.55. The quantitative estimate of drug-likeness (QED) is 0.154. The molecule has 1 aromatic heterocycles. The fraction of sp³-hybridized carbons (Fsp3) is 0.0732. The van der Waals surface area contributed by atoms with Crippen LogP contribution in [0.4, 0.5) is 0 Å². The number of aryl methyl sites for hydroxylation is 2. The molecule has 6 heteroatoms. The van der Waals surface area contributed by atoms with Crippen LogP contribution >= 0.6 is 7.14 Å². The van der Waals surface area contributed by atoms with Crippen molar-refractivity contribution in [2.45, 2.75) is 24.4 Å². The summed E-state index contributed by atoms with van der Waals surface area (Å²) >= 11 is 0. The molecule has 0 spiro atoms. The second-order valence-electron chi connectivity index (χ2n) is 11.9. The first-order chi connectivity index (χ1) is 22.8. The van der Waals surface area contributed by atoms with Gasteiger partial charge in [0.05, 0.1) is 21.8 Å². The summed E-state index contributed by atoms with van der Waals surface area (Å²) < 4.78 is 48.2. The van der Waals surface area contributed by atoms with Crippen LogP contribution in [0.3, 0.4) is 0 Å². The molecule has 0 aliphatic heterocycles. The highest BCUT2D eigenvalue weighted by molar-refractivity contribution is 7.90. The van der Waals surface area contributed by atoms with Crippen molar-refractivity contribution in [1.82, 2.24) is 3.97 Å². The predicted octanol–water partition coefficient (Wildman–Crippen LogP) is 9.27. The summed E-state index contributed by atoms with van der Waals surface area (Å²) in [6.07, 6.45) is 0. The molecule has 0 aliphatic rings. The summed E-state index contributed by atoms with van der Waals surface area (Å²) in [5, 5.41) is 2.09. The minimum Gasteiger partial charge on any atom is -0.313 e. The second kappa shape index (κ2) is 12.3. The van der Waals surface area contributed by atoms with E-state index in [1.807, 2.05) is 166 Å². The molecule has 0 amide bonds. The van der Waals surface area contributed by atoms with Crippen molar-refractivity contribution in [3.8, 4) is 11.1 Å². The molecule has 1 atom stereocenters. The number of benzene rings is 6. The minimum atomic E-state index is -4.20. The highest BCUT2D eigenvalue weighted by atomic mass is 32.2. The molecular formula is C41H34NO3PS. The van der Waals surface area contributed by atoms with E-state index in [9.17, 15) is 0 Å². The van der Waals surface area contributed by atoms with Crippen molar-refractivity contribution in [2.24, 2.45) is 0 Å². The standard InChI is InChI=1S/C41H34NO3PS/c1-30-23-26-36(27-24-30)47(44,45)42-38-28-25-31(2)29-37(38)39(32-15-7-3-8-16-32)40(42)41(33-17-9-4-10-18-33)46(43,34-19-11-5-12-20-34)35-21-13-6-14-22-35/h3-29,41H,1-2H3. The lowest BCUT2D eigenvalue weighted by molar-refractivity contribution is 0.579. The van der Waals surface area contributed by atoms with Crippen molar-refractivity contribution in [1.29, 1.82) is 0 Å². The van der Waals surface area contributed by atoms with E-state index in [2.05, 4.69) is 0 Å². The van der Waals surface area contributed by atoms with Crippen LogP contribution in [-0.2, 0) is 14.6 Å². The van der Waals surface area contributed by atoms with Gasteiger partial charge in [0.15, 0.2) is 7.14 Å². The maximum atomic E-state index is 16.5. The van der Waals surface area contributed by atoms with Gasteiger partial charge in [-0.1, -0.05) is 151 Å². The van der Waals surface area contributed by atoms with Gasteiger partial charge in [0.25, 0.3) is 10.0 Å². The van der Waals surface area contributed by atoms with Gasteiger partial charge in [-0.15, -0.1) is 0 Å². The lowest BCUT2D eigenvalue weighted by Gasteiger charge is -2.31. The smallest absolute Gasteiger partial charge is 0.268 e. The van der Waals surface area contributed by atoms with Gasteiger partial charge in [0.2, 0.25) is 0 Å². The highest BCUT2D eigenvalue weighted by Gasteiger charge is 2.44. The highest BCUT2D eigenvalue weighted by Crippen LogP contribution is 2.62. The number of nitrogens with zero attached hydrogens (tertiary/aromatic N) is 1. The van der Waals surface area contributed by atoms with Gasteiger partial charge in [0.1, 0.15) is 0 Å². The van der Waals surface area contributed by atoms with E-state index >= 15 is 13.0 Å². The first-order valence-corrected chi connectivity index (χ1v) is 18.8.